The summed E-state index contributed by atoms with van der Waals surface area (Å²) < 4.78 is 5.69. The number of hydrogen-bond acceptors (Lipinski definition) is 3. The van der Waals surface area contributed by atoms with Crippen LogP contribution in [0.1, 0.15) is 30.4 Å². The van der Waals surface area contributed by atoms with Gasteiger partial charge >= 0.3 is 0 Å². The lowest BCUT2D eigenvalue weighted by atomic mass is 9.99. The Morgan fingerprint density at radius 2 is 2.05 bits per heavy atom. The lowest BCUT2D eigenvalue weighted by molar-refractivity contribution is -0.133. The van der Waals surface area contributed by atoms with Gasteiger partial charge in [0.25, 0.3) is 0 Å². The van der Waals surface area contributed by atoms with Gasteiger partial charge in [-0.05, 0) is 55.9 Å². The average molecular weight is 291 g/mol. The summed E-state index contributed by atoms with van der Waals surface area (Å²) in [6.07, 6.45) is 2.39. The average Bonchev–Trinajstić information content (AvgIpc) is 2.46. The Bertz CT molecular complexity index is 467. The molecule has 1 unspecified atom stereocenters. The van der Waals surface area contributed by atoms with E-state index in [2.05, 4.69) is 6.07 Å². The number of piperidine rings is 1. The van der Waals surface area contributed by atoms with Crippen molar-refractivity contribution in [3.8, 4) is 5.75 Å². The molecule has 1 fully saturated rings. The van der Waals surface area contributed by atoms with E-state index in [0.717, 1.165) is 36.3 Å². The number of likely N-dealkylation sites (tertiary alicyclic amines) is 1. The number of hydrogen-bond donors (Lipinski definition) is 1. The molecule has 1 aromatic rings. The maximum atomic E-state index is 12.1. The zero-order chi connectivity index (χ0) is 15.2. The van der Waals surface area contributed by atoms with Gasteiger partial charge in [0, 0.05) is 19.7 Å². The minimum atomic E-state index is 0.123. The van der Waals surface area contributed by atoms with Gasteiger partial charge in [0.1, 0.15) is 5.75 Å². The second kappa shape index (κ2) is 7.46. The fourth-order valence-corrected chi connectivity index (χ4v) is 2.87. The van der Waals surface area contributed by atoms with E-state index < -0.39 is 0 Å². The van der Waals surface area contributed by atoms with Crippen LogP contribution in [0.5, 0.6) is 5.75 Å². The minimum absolute atomic E-state index is 0.123. The molecule has 0 saturated carbocycles. The first-order valence-electron chi connectivity index (χ1n) is 7.68. The summed E-state index contributed by atoms with van der Waals surface area (Å²) in [4.78, 5) is 14.0. The number of aliphatic hydroxyl groups excluding tert-OH is 1. The summed E-state index contributed by atoms with van der Waals surface area (Å²) in [6, 6.07) is 6.07. The van der Waals surface area contributed by atoms with Gasteiger partial charge < -0.3 is 14.7 Å². The Kier molecular flexibility index (Phi) is 5.62. The molecular formula is C17H25NO3. The van der Waals surface area contributed by atoms with Crippen molar-refractivity contribution in [2.45, 2.75) is 33.1 Å². The number of amides is 1. The summed E-state index contributed by atoms with van der Waals surface area (Å²) in [5.74, 6) is 1.19. The molecule has 0 bridgehead atoms. The van der Waals surface area contributed by atoms with E-state index in [0.29, 0.717) is 19.6 Å². The van der Waals surface area contributed by atoms with Crippen LogP contribution in [0.15, 0.2) is 18.2 Å². The molecule has 0 aliphatic carbocycles. The highest BCUT2D eigenvalue weighted by molar-refractivity contribution is 5.76. The van der Waals surface area contributed by atoms with Crippen molar-refractivity contribution in [1.29, 1.82) is 0 Å². The van der Waals surface area contributed by atoms with Gasteiger partial charge in [-0.2, -0.15) is 0 Å². The maximum Gasteiger partial charge on any atom is 0.226 e. The molecule has 2 rings (SSSR count). The van der Waals surface area contributed by atoms with Crippen LogP contribution in [0.3, 0.4) is 0 Å². The first-order valence-corrected chi connectivity index (χ1v) is 7.68. The number of benzene rings is 1. The van der Waals surface area contributed by atoms with Crippen LogP contribution in [0, 0.1) is 19.8 Å². The molecule has 0 spiro atoms. The van der Waals surface area contributed by atoms with Crippen molar-refractivity contribution in [3.63, 3.8) is 0 Å². The van der Waals surface area contributed by atoms with Crippen LogP contribution >= 0.6 is 0 Å². The molecular weight excluding hydrogens is 266 g/mol. The Balaban J connectivity index is 1.78. The van der Waals surface area contributed by atoms with Gasteiger partial charge in [-0.25, -0.2) is 0 Å². The molecule has 1 aromatic carbocycles. The van der Waals surface area contributed by atoms with Gasteiger partial charge in [-0.3, -0.25) is 4.79 Å². The molecule has 0 aromatic heterocycles. The molecule has 4 nitrogen and oxygen atoms in total. The van der Waals surface area contributed by atoms with Crippen LogP contribution < -0.4 is 4.74 Å². The zero-order valence-corrected chi connectivity index (χ0v) is 13.0. The first-order chi connectivity index (χ1) is 10.1. The number of aliphatic hydroxyl groups is 1. The summed E-state index contributed by atoms with van der Waals surface area (Å²) in [6.45, 7) is 6.13. The molecule has 1 amide bonds. The fraction of sp³-hybridized carbons (Fsp3) is 0.588. The van der Waals surface area contributed by atoms with Crippen molar-refractivity contribution in [3.05, 3.63) is 29.3 Å². The smallest absolute Gasteiger partial charge is 0.226 e. The second-order valence-electron chi connectivity index (χ2n) is 5.95. The summed E-state index contributed by atoms with van der Waals surface area (Å²) in [5, 5.41) is 9.20. The molecule has 1 aliphatic heterocycles. The van der Waals surface area contributed by atoms with Crippen molar-refractivity contribution in [2.24, 2.45) is 5.92 Å². The van der Waals surface area contributed by atoms with Crippen LogP contribution in [-0.2, 0) is 4.79 Å². The van der Waals surface area contributed by atoms with Crippen molar-refractivity contribution in [1.82, 2.24) is 4.90 Å². The first kappa shape index (κ1) is 15.8. The van der Waals surface area contributed by atoms with E-state index in [-0.39, 0.29) is 18.4 Å². The van der Waals surface area contributed by atoms with E-state index in [1.54, 1.807) is 0 Å². The normalized spacial score (nSPS) is 18.6. The summed E-state index contributed by atoms with van der Waals surface area (Å²) in [7, 11) is 0. The highest BCUT2D eigenvalue weighted by Crippen LogP contribution is 2.18. The maximum absolute atomic E-state index is 12.1. The topological polar surface area (TPSA) is 49.8 Å². The van der Waals surface area contributed by atoms with Crippen molar-refractivity contribution >= 4 is 5.91 Å². The minimum Gasteiger partial charge on any atom is -0.493 e. The number of rotatable bonds is 5. The number of nitrogens with zero attached hydrogens (tertiary/aromatic N) is 1. The van der Waals surface area contributed by atoms with E-state index in [4.69, 9.17) is 4.74 Å². The molecule has 0 radical (unpaired) electrons. The lowest BCUT2D eigenvalue weighted by Crippen LogP contribution is -2.41. The SMILES string of the molecule is Cc1cc(C)cc(OCCC(=O)N2CCCC(CO)C2)c1. The third kappa shape index (κ3) is 4.74. The third-order valence-corrected chi connectivity index (χ3v) is 3.91. The number of ether oxygens (including phenoxy) is 1. The predicted molar refractivity (Wildman–Crippen MR) is 82.4 cm³/mol. The highest BCUT2D eigenvalue weighted by Gasteiger charge is 2.22. The van der Waals surface area contributed by atoms with Crippen LogP contribution in [-0.4, -0.2) is 42.2 Å². The third-order valence-electron chi connectivity index (χ3n) is 3.91. The van der Waals surface area contributed by atoms with E-state index in [1.165, 1.54) is 0 Å². The van der Waals surface area contributed by atoms with Gasteiger partial charge in [0.05, 0.1) is 13.0 Å². The summed E-state index contributed by atoms with van der Waals surface area (Å²) in [5.41, 5.74) is 2.33. The molecule has 1 aliphatic rings. The number of carbonyl (C=O) groups is 1. The zero-order valence-electron chi connectivity index (χ0n) is 13.0. The Labute approximate surface area is 126 Å². The molecule has 21 heavy (non-hydrogen) atoms. The second-order valence-corrected chi connectivity index (χ2v) is 5.95. The number of carbonyl (C=O) groups excluding carboxylic acids is 1. The van der Waals surface area contributed by atoms with Crippen LogP contribution in [0.25, 0.3) is 0 Å². The lowest BCUT2D eigenvalue weighted by Gasteiger charge is -2.31. The Morgan fingerprint density at radius 3 is 2.71 bits per heavy atom. The predicted octanol–water partition coefficient (Wildman–Crippen LogP) is 2.30. The Morgan fingerprint density at radius 1 is 1.33 bits per heavy atom. The summed E-state index contributed by atoms with van der Waals surface area (Å²) >= 11 is 0. The molecule has 4 heteroatoms. The monoisotopic (exact) mass is 291 g/mol. The highest BCUT2D eigenvalue weighted by atomic mass is 16.5. The largest absolute Gasteiger partial charge is 0.493 e. The van der Waals surface area contributed by atoms with E-state index >= 15 is 0 Å². The van der Waals surface area contributed by atoms with Crippen molar-refractivity contribution < 1.29 is 14.6 Å². The quantitative estimate of drug-likeness (QED) is 0.905. The molecule has 1 N–H and O–H groups in total. The fourth-order valence-electron chi connectivity index (χ4n) is 2.87. The van der Waals surface area contributed by atoms with Gasteiger partial charge in [0.15, 0.2) is 0 Å². The van der Waals surface area contributed by atoms with Crippen LogP contribution in [0.4, 0.5) is 0 Å². The molecule has 1 heterocycles. The van der Waals surface area contributed by atoms with Crippen molar-refractivity contribution in [2.75, 3.05) is 26.3 Å². The van der Waals surface area contributed by atoms with Crippen LogP contribution in [0.2, 0.25) is 0 Å². The molecule has 1 atom stereocenters. The van der Waals surface area contributed by atoms with Gasteiger partial charge in [-0.1, -0.05) is 6.07 Å². The molecule has 116 valence electrons. The molecule has 1 saturated heterocycles. The number of aryl methyl sites for hydroxylation is 2. The van der Waals surface area contributed by atoms with Gasteiger partial charge in [-0.15, -0.1) is 0 Å². The van der Waals surface area contributed by atoms with E-state index in [9.17, 15) is 9.90 Å². The van der Waals surface area contributed by atoms with Gasteiger partial charge in [0.2, 0.25) is 5.91 Å². The van der Waals surface area contributed by atoms with E-state index in [1.807, 2.05) is 30.9 Å². The standard InChI is InChI=1S/C17H25NO3/c1-13-8-14(2)10-16(9-13)21-7-5-17(20)18-6-3-4-15(11-18)12-19/h8-10,15,19H,3-7,11-12H2,1-2H3. The Hall–Kier alpha value is -1.55.